The van der Waals surface area contributed by atoms with Crippen LogP contribution < -0.4 is 5.43 Å². The summed E-state index contributed by atoms with van der Waals surface area (Å²) in [6, 6.07) is 7.76. The van der Waals surface area contributed by atoms with Gasteiger partial charge in [-0.2, -0.15) is 5.43 Å². The Morgan fingerprint density at radius 1 is 1.47 bits per heavy atom. The van der Waals surface area contributed by atoms with E-state index in [4.69, 9.17) is 11.6 Å². The molecule has 0 amide bonds. The van der Waals surface area contributed by atoms with Crippen molar-refractivity contribution in [2.24, 2.45) is 10.3 Å². The summed E-state index contributed by atoms with van der Waals surface area (Å²) in [5.41, 5.74) is 4.99. The van der Waals surface area contributed by atoms with Gasteiger partial charge in [0.1, 0.15) is 0 Å². The van der Waals surface area contributed by atoms with Gasteiger partial charge in [-0.05, 0) is 12.5 Å². The van der Waals surface area contributed by atoms with Crippen LogP contribution in [0.2, 0.25) is 0 Å². The van der Waals surface area contributed by atoms with Gasteiger partial charge in [-0.15, -0.1) is 16.7 Å². The van der Waals surface area contributed by atoms with Crippen molar-refractivity contribution in [3.8, 4) is 0 Å². The Hall–Kier alpha value is -1.17. The Labute approximate surface area is 105 Å². The summed E-state index contributed by atoms with van der Waals surface area (Å²) in [6.45, 7) is 2.36. The van der Waals surface area contributed by atoms with Crippen LogP contribution in [-0.2, 0) is 0 Å². The fourth-order valence-electron chi connectivity index (χ4n) is 1.56. The molecular formula is C11H15ClN4O. The number of nitrogens with zero attached hydrogens (tertiary/aromatic N) is 3. The van der Waals surface area contributed by atoms with Crippen molar-refractivity contribution in [1.82, 2.24) is 10.5 Å². The molecule has 6 heteroatoms. The maximum Gasteiger partial charge on any atom is 0.154 e. The average molecular weight is 255 g/mol. The van der Waals surface area contributed by atoms with E-state index in [2.05, 4.69) is 15.8 Å². The summed E-state index contributed by atoms with van der Waals surface area (Å²) in [4.78, 5) is 0. The number of nitrogens with one attached hydrogen (secondary N) is 1. The number of halogens is 1. The maximum absolute atomic E-state index is 10.0. The van der Waals surface area contributed by atoms with Gasteiger partial charge in [0.05, 0.1) is 18.5 Å². The molecule has 1 unspecified atom stereocenters. The summed E-state index contributed by atoms with van der Waals surface area (Å²) in [5.74, 6) is 0.362. The van der Waals surface area contributed by atoms with E-state index in [1.165, 1.54) is 10.7 Å². The second kappa shape index (κ2) is 5.44. The monoisotopic (exact) mass is 254 g/mol. The molecule has 0 saturated carbocycles. The van der Waals surface area contributed by atoms with Crippen molar-refractivity contribution in [1.29, 1.82) is 0 Å². The number of aryl methyl sites for hydroxylation is 1. The summed E-state index contributed by atoms with van der Waals surface area (Å²) in [7, 11) is 0. The largest absolute Gasteiger partial charge is 0.386 e. The van der Waals surface area contributed by atoms with Gasteiger partial charge in [0, 0.05) is 0 Å². The van der Waals surface area contributed by atoms with Crippen LogP contribution in [0.5, 0.6) is 0 Å². The zero-order valence-electron chi connectivity index (χ0n) is 9.55. The number of aliphatic hydroxyl groups excluding tert-OH is 1. The third-order valence-corrected chi connectivity index (χ3v) is 2.84. The molecular weight excluding hydrogens is 240 g/mol. The molecule has 1 heterocycles. The van der Waals surface area contributed by atoms with Gasteiger partial charge in [-0.1, -0.05) is 35.1 Å². The minimum absolute atomic E-state index is 0.193. The highest BCUT2D eigenvalue weighted by atomic mass is 35.5. The molecule has 1 aliphatic heterocycles. The van der Waals surface area contributed by atoms with Gasteiger partial charge in [0.2, 0.25) is 0 Å². The topological polar surface area (TPSA) is 60.2 Å². The van der Waals surface area contributed by atoms with E-state index in [0.29, 0.717) is 12.4 Å². The van der Waals surface area contributed by atoms with Crippen molar-refractivity contribution >= 4 is 11.6 Å². The molecule has 92 valence electrons. The Balaban J connectivity index is 1.91. The van der Waals surface area contributed by atoms with E-state index < -0.39 is 6.10 Å². The lowest BCUT2D eigenvalue weighted by molar-refractivity contribution is 0.0903. The molecule has 1 aliphatic rings. The molecule has 0 radical (unpaired) electrons. The van der Waals surface area contributed by atoms with Gasteiger partial charge in [0.15, 0.2) is 6.17 Å². The molecule has 0 aliphatic carbocycles. The molecule has 0 aromatic heterocycles. The van der Waals surface area contributed by atoms with Crippen LogP contribution in [0, 0.1) is 6.92 Å². The van der Waals surface area contributed by atoms with Crippen molar-refractivity contribution < 1.29 is 5.11 Å². The van der Waals surface area contributed by atoms with Crippen LogP contribution in [0.1, 0.15) is 17.2 Å². The van der Waals surface area contributed by atoms with Gasteiger partial charge in [-0.3, -0.25) is 0 Å². The molecule has 0 saturated heterocycles. The zero-order valence-corrected chi connectivity index (χ0v) is 10.3. The van der Waals surface area contributed by atoms with E-state index in [1.54, 1.807) is 0 Å². The van der Waals surface area contributed by atoms with Crippen molar-refractivity contribution in [3.05, 3.63) is 35.4 Å². The molecule has 0 bridgehead atoms. The van der Waals surface area contributed by atoms with E-state index in [9.17, 15) is 5.11 Å². The van der Waals surface area contributed by atoms with Crippen LogP contribution >= 0.6 is 11.6 Å². The number of β-amino-alcohol motifs (C(OH)–C–C–N with tert-alkyl or cyclic N) is 1. The second-order valence-corrected chi connectivity index (χ2v) is 4.32. The maximum atomic E-state index is 10.0. The predicted molar refractivity (Wildman–Crippen MR) is 65.3 cm³/mol. The van der Waals surface area contributed by atoms with Gasteiger partial charge in [-0.25, -0.2) is 5.12 Å². The van der Waals surface area contributed by atoms with Crippen molar-refractivity contribution in [2.45, 2.75) is 19.2 Å². The summed E-state index contributed by atoms with van der Waals surface area (Å²) < 4.78 is 0. The first-order valence-electron chi connectivity index (χ1n) is 5.44. The number of hydrazine groups is 1. The first kappa shape index (κ1) is 12.3. The number of aliphatic hydroxyl groups is 1. The lowest BCUT2D eigenvalue weighted by atomic mass is 10.1. The quantitative estimate of drug-likeness (QED) is 0.806. The van der Waals surface area contributed by atoms with Crippen LogP contribution in [0.4, 0.5) is 0 Å². The van der Waals surface area contributed by atoms with Gasteiger partial charge >= 0.3 is 0 Å². The molecule has 1 aromatic carbocycles. The van der Waals surface area contributed by atoms with Crippen LogP contribution in [0.25, 0.3) is 0 Å². The van der Waals surface area contributed by atoms with E-state index >= 15 is 0 Å². The third kappa shape index (κ3) is 3.15. The molecule has 17 heavy (non-hydrogen) atoms. The zero-order chi connectivity index (χ0) is 12.3. The van der Waals surface area contributed by atoms with Gasteiger partial charge < -0.3 is 5.11 Å². The molecule has 0 fully saturated rings. The lowest BCUT2D eigenvalue weighted by Crippen LogP contribution is -2.38. The Morgan fingerprint density at radius 3 is 2.76 bits per heavy atom. The molecule has 5 nitrogen and oxygen atoms in total. The minimum atomic E-state index is -0.601. The minimum Gasteiger partial charge on any atom is -0.386 e. The predicted octanol–water partition coefficient (Wildman–Crippen LogP) is 1.78. The normalized spacial score (nSPS) is 20.9. The number of alkyl halides is 1. The fourth-order valence-corrected chi connectivity index (χ4v) is 1.69. The fraction of sp³-hybridized carbons (Fsp3) is 0.455. The first-order chi connectivity index (χ1) is 8.19. The highest BCUT2D eigenvalue weighted by Gasteiger charge is 2.20. The molecule has 1 aromatic rings. The second-order valence-electron chi connectivity index (χ2n) is 4.01. The number of rotatable bonds is 4. The Morgan fingerprint density at radius 2 is 2.18 bits per heavy atom. The van der Waals surface area contributed by atoms with Crippen molar-refractivity contribution in [2.75, 3.05) is 12.4 Å². The molecule has 2 rings (SSSR count). The van der Waals surface area contributed by atoms with Crippen LogP contribution in [0.3, 0.4) is 0 Å². The lowest BCUT2D eigenvalue weighted by Gasteiger charge is -2.18. The molecule has 2 atom stereocenters. The highest BCUT2D eigenvalue weighted by Crippen LogP contribution is 2.16. The highest BCUT2D eigenvalue weighted by molar-refractivity contribution is 6.18. The van der Waals surface area contributed by atoms with E-state index in [1.807, 2.05) is 31.2 Å². The number of hydrogen-bond acceptors (Lipinski definition) is 5. The average Bonchev–Trinajstić information content (AvgIpc) is 2.77. The smallest absolute Gasteiger partial charge is 0.154 e. The first-order valence-corrected chi connectivity index (χ1v) is 5.97. The van der Waals surface area contributed by atoms with E-state index in [-0.39, 0.29) is 6.17 Å². The standard InChI is InChI=1S/C11H15ClN4O/c1-8-2-4-9(5-3-8)10(17)7-16-14-11(6-12)13-15-16/h2-5,10-11,14,17H,6-7H2,1H3/t10-,11?/m0/s1. The van der Waals surface area contributed by atoms with Crippen molar-refractivity contribution in [3.63, 3.8) is 0 Å². The van der Waals surface area contributed by atoms with Crippen LogP contribution in [-0.4, -0.2) is 28.8 Å². The SMILES string of the molecule is Cc1ccc([C@@H](O)CN2N=NC(CCl)N2)cc1. The molecule has 0 spiro atoms. The number of hydrogen-bond donors (Lipinski definition) is 2. The Kier molecular flexibility index (Phi) is 3.93. The summed E-state index contributed by atoms with van der Waals surface area (Å²) >= 11 is 5.64. The summed E-state index contributed by atoms with van der Waals surface area (Å²) in [6.07, 6.45) is -0.794. The van der Waals surface area contributed by atoms with E-state index in [0.717, 1.165) is 5.56 Å². The van der Waals surface area contributed by atoms with Gasteiger partial charge in [0.25, 0.3) is 0 Å². The van der Waals surface area contributed by atoms with Crippen LogP contribution in [0.15, 0.2) is 34.6 Å². The Bertz CT molecular complexity index is 395. The summed E-state index contributed by atoms with van der Waals surface area (Å²) in [5, 5.41) is 19.3. The number of benzene rings is 1. The molecule has 2 N–H and O–H groups in total. The third-order valence-electron chi connectivity index (χ3n) is 2.55.